The van der Waals surface area contributed by atoms with Crippen LogP contribution < -0.4 is 10.2 Å². The first-order valence-corrected chi connectivity index (χ1v) is 10.2. The van der Waals surface area contributed by atoms with Crippen LogP contribution in [0.15, 0.2) is 58.4 Å². The molecule has 4 nitrogen and oxygen atoms in total. The Kier molecular flexibility index (Phi) is 6.35. The summed E-state index contributed by atoms with van der Waals surface area (Å²) in [5.41, 5.74) is 4.33. The fraction of sp³-hybridized carbons (Fsp3) is 0.273. The molecule has 1 heterocycles. The van der Waals surface area contributed by atoms with Crippen molar-refractivity contribution in [2.45, 2.75) is 27.2 Å². The summed E-state index contributed by atoms with van der Waals surface area (Å²) in [4.78, 5) is 19.8. The van der Waals surface area contributed by atoms with E-state index in [1.807, 2.05) is 30.3 Å². The molecule has 2 aromatic carbocycles. The number of aryl methyl sites for hydroxylation is 1. The minimum Gasteiger partial charge on any atom is -0.372 e. The molecule has 1 aliphatic rings. The molecule has 1 fully saturated rings. The van der Waals surface area contributed by atoms with E-state index in [-0.39, 0.29) is 5.91 Å². The number of nitrogens with zero attached hydrogens (tertiary/aromatic N) is 2. The van der Waals surface area contributed by atoms with Crippen molar-refractivity contribution in [2.75, 3.05) is 18.0 Å². The molecular weight excluding hydrogens is 354 g/mol. The quantitative estimate of drug-likeness (QED) is 0.720. The fourth-order valence-corrected chi connectivity index (χ4v) is 3.77. The SMILES string of the molecule is CCc1ccc(C=C2SC(=Nc3ccc(N(CC)CC)cc3)NC2=O)cc1. The Morgan fingerprint density at radius 2 is 1.67 bits per heavy atom. The number of amides is 1. The predicted molar refractivity (Wildman–Crippen MR) is 117 cm³/mol. The number of aliphatic imine (C=N–C) groups is 1. The van der Waals surface area contributed by atoms with Gasteiger partial charge in [-0.15, -0.1) is 0 Å². The molecule has 1 saturated heterocycles. The van der Waals surface area contributed by atoms with Crippen LogP contribution in [0, 0.1) is 0 Å². The van der Waals surface area contributed by atoms with Gasteiger partial charge in [0.15, 0.2) is 5.17 Å². The van der Waals surface area contributed by atoms with Crippen LogP contribution in [0.25, 0.3) is 6.08 Å². The van der Waals surface area contributed by atoms with Crippen LogP contribution in [0.2, 0.25) is 0 Å². The van der Waals surface area contributed by atoms with E-state index in [1.54, 1.807) is 0 Å². The maximum Gasteiger partial charge on any atom is 0.264 e. The van der Waals surface area contributed by atoms with Crippen molar-refractivity contribution in [3.63, 3.8) is 0 Å². The number of benzene rings is 2. The van der Waals surface area contributed by atoms with Crippen LogP contribution in [-0.4, -0.2) is 24.2 Å². The van der Waals surface area contributed by atoms with E-state index in [4.69, 9.17) is 0 Å². The number of carbonyl (C=O) groups is 1. The van der Waals surface area contributed by atoms with E-state index in [0.717, 1.165) is 30.8 Å². The molecule has 3 rings (SSSR count). The molecule has 2 aromatic rings. The zero-order valence-electron chi connectivity index (χ0n) is 16.0. The second-order valence-electron chi connectivity index (χ2n) is 6.27. The highest BCUT2D eigenvalue weighted by atomic mass is 32.2. The van der Waals surface area contributed by atoms with Gasteiger partial charge in [0.1, 0.15) is 0 Å². The minimum atomic E-state index is -0.0990. The Hall–Kier alpha value is -2.53. The van der Waals surface area contributed by atoms with Gasteiger partial charge < -0.3 is 10.2 Å². The summed E-state index contributed by atoms with van der Waals surface area (Å²) in [5, 5.41) is 3.47. The Morgan fingerprint density at radius 1 is 1.00 bits per heavy atom. The molecule has 1 aliphatic heterocycles. The van der Waals surface area contributed by atoms with Crippen molar-refractivity contribution in [3.8, 4) is 0 Å². The molecule has 27 heavy (non-hydrogen) atoms. The fourth-order valence-electron chi connectivity index (χ4n) is 2.93. The molecule has 1 amide bonds. The van der Waals surface area contributed by atoms with E-state index < -0.39 is 0 Å². The molecule has 0 atom stereocenters. The number of anilines is 1. The van der Waals surface area contributed by atoms with Crippen molar-refractivity contribution in [2.24, 2.45) is 4.99 Å². The molecule has 0 saturated carbocycles. The zero-order valence-corrected chi connectivity index (χ0v) is 16.8. The first-order chi connectivity index (χ1) is 13.1. The summed E-state index contributed by atoms with van der Waals surface area (Å²) >= 11 is 1.38. The third kappa shape index (κ3) is 4.80. The molecule has 0 unspecified atom stereocenters. The Labute approximate surface area is 165 Å². The van der Waals surface area contributed by atoms with Crippen LogP contribution in [0.1, 0.15) is 31.9 Å². The summed E-state index contributed by atoms with van der Waals surface area (Å²) in [7, 11) is 0. The number of thioether (sulfide) groups is 1. The molecule has 0 bridgehead atoms. The number of nitrogens with one attached hydrogen (secondary N) is 1. The predicted octanol–water partition coefficient (Wildman–Crippen LogP) is 4.99. The lowest BCUT2D eigenvalue weighted by atomic mass is 10.1. The molecule has 1 N–H and O–H groups in total. The van der Waals surface area contributed by atoms with Crippen molar-refractivity contribution in [1.29, 1.82) is 0 Å². The average Bonchev–Trinajstić information content (AvgIpc) is 3.03. The summed E-state index contributed by atoms with van der Waals surface area (Å²) in [6.45, 7) is 8.37. The lowest BCUT2D eigenvalue weighted by Crippen LogP contribution is -2.21. The van der Waals surface area contributed by atoms with Crippen LogP contribution >= 0.6 is 11.8 Å². The Morgan fingerprint density at radius 3 is 2.26 bits per heavy atom. The van der Waals surface area contributed by atoms with Gasteiger partial charge in [-0.05, 0) is 73.5 Å². The third-order valence-electron chi connectivity index (χ3n) is 4.55. The van der Waals surface area contributed by atoms with Crippen molar-refractivity contribution >= 4 is 40.3 Å². The van der Waals surface area contributed by atoms with Gasteiger partial charge in [-0.1, -0.05) is 31.2 Å². The highest BCUT2D eigenvalue weighted by Gasteiger charge is 2.23. The summed E-state index contributed by atoms with van der Waals surface area (Å²) in [6.07, 6.45) is 2.92. The smallest absolute Gasteiger partial charge is 0.264 e. The zero-order chi connectivity index (χ0) is 19.2. The van der Waals surface area contributed by atoms with Gasteiger partial charge in [-0.3, -0.25) is 4.79 Å². The number of hydrogen-bond acceptors (Lipinski definition) is 4. The van der Waals surface area contributed by atoms with Gasteiger partial charge in [-0.2, -0.15) is 0 Å². The van der Waals surface area contributed by atoms with E-state index in [0.29, 0.717) is 10.1 Å². The van der Waals surface area contributed by atoms with Gasteiger partial charge in [0.2, 0.25) is 0 Å². The topological polar surface area (TPSA) is 44.7 Å². The second-order valence-corrected chi connectivity index (χ2v) is 7.30. The maximum atomic E-state index is 12.2. The van der Waals surface area contributed by atoms with Crippen LogP contribution in [-0.2, 0) is 11.2 Å². The molecule has 140 valence electrons. The van der Waals surface area contributed by atoms with Crippen LogP contribution in [0.5, 0.6) is 0 Å². The number of carbonyl (C=O) groups excluding carboxylic acids is 1. The van der Waals surface area contributed by atoms with E-state index in [9.17, 15) is 4.79 Å². The van der Waals surface area contributed by atoms with E-state index >= 15 is 0 Å². The average molecular weight is 380 g/mol. The summed E-state index contributed by atoms with van der Waals surface area (Å²) in [6, 6.07) is 16.4. The van der Waals surface area contributed by atoms with Gasteiger partial charge in [-0.25, -0.2) is 4.99 Å². The highest BCUT2D eigenvalue weighted by Crippen LogP contribution is 2.28. The molecular formula is C22H25N3OS. The minimum absolute atomic E-state index is 0.0990. The van der Waals surface area contributed by atoms with E-state index in [2.05, 4.69) is 60.2 Å². The third-order valence-corrected chi connectivity index (χ3v) is 5.46. The van der Waals surface area contributed by atoms with Gasteiger partial charge in [0, 0.05) is 18.8 Å². The Balaban J connectivity index is 1.73. The standard InChI is InChI=1S/C22H25N3OS/c1-4-16-7-9-17(10-8-16)15-20-21(26)24-22(27-20)23-18-11-13-19(14-12-18)25(5-2)6-3/h7-15H,4-6H2,1-3H3,(H,23,24,26). The highest BCUT2D eigenvalue weighted by molar-refractivity contribution is 8.18. The maximum absolute atomic E-state index is 12.2. The first-order valence-electron chi connectivity index (χ1n) is 9.36. The monoisotopic (exact) mass is 379 g/mol. The van der Waals surface area contributed by atoms with E-state index in [1.165, 1.54) is 23.0 Å². The molecule has 0 aromatic heterocycles. The molecule has 0 radical (unpaired) electrons. The van der Waals surface area contributed by atoms with Crippen molar-refractivity contribution in [1.82, 2.24) is 5.32 Å². The lowest BCUT2D eigenvalue weighted by Gasteiger charge is -2.20. The summed E-state index contributed by atoms with van der Waals surface area (Å²) in [5.74, 6) is -0.0990. The molecule has 5 heteroatoms. The van der Waals surface area contributed by atoms with Crippen LogP contribution in [0.3, 0.4) is 0 Å². The number of amidine groups is 1. The van der Waals surface area contributed by atoms with Crippen molar-refractivity contribution in [3.05, 3.63) is 64.6 Å². The second kappa shape index (κ2) is 8.91. The molecule has 0 aliphatic carbocycles. The molecule has 0 spiro atoms. The van der Waals surface area contributed by atoms with Gasteiger partial charge >= 0.3 is 0 Å². The number of hydrogen-bond donors (Lipinski definition) is 1. The van der Waals surface area contributed by atoms with Crippen molar-refractivity contribution < 1.29 is 4.79 Å². The summed E-state index contributed by atoms with van der Waals surface area (Å²) < 4.78 is 0. The first kappa shape index (κ1) is 19.2. The lowest BCUT2D eigenvalue weighted by molar-refractivity contribution is -0.115. The largest absolute Gasteiger partial charge is 0.372 e. The Bertz CT molecular complexity index is 850. The van der Waals surface area contributed by atoms with Crippen LogP contribution in [0.4, 0.5) is 11.4 Å². The normalized spacial score (nSPS) is 16.8. The number of rotatable bonds is 6. The van der Waals surface area contributed by atoms with Gasteiger partial charge in [0.25, 0.3) is 5.91 Å². The van der Waals surface area contributed by atoms with Gasteiger partial charge in [0.05, 0.1) is 10.6 Å².